The van der Waals surface area contributed by atoms with Crippen molar-refractivity contribution < 1.29 is 22.1 Å². The van der Waals surface area contributed by atoms with Gasteiger partial charge in [0.05, 0.1) is 10.6 Å². The molecule has 3 aromatic rings. The molecule has 10 nitrogen and oxygen atoms in total. The summed E-state index contributed by atoms with van der Waals surface area (Å²) >= 11 is 0. The fourth-order valence-corrected chi connectivity index (χ4v) is 3.71. The van der Waals surface area contributed by atoms with Gasteiger partial charge in [-0.3, -0.25) is 4.18 Å². The van der Waals surface area contributed by atoms with Crippen LogP contribution in [0.2, 0.25) is 0 Å². The molecule has 3 rings (SSSR count). The highest BCUT2D eigenvalue weighted by Crippen LogP contribution is 2.18. The molecule has 0 aliphatic heterocycles. The van der Waals surface area contributed by atoms with Gasteiger partial charge in [0.2, 0.25) is 0 Å². The molecule has 35 heavy (non-hydrogen) atoms. The summed E-state index contributed by atoms with van der Waals surface area (Å²) in [7, 11) is -3.90. The number of carbonyl (C=O) groups is 1. The Morgan fingerprint density at radius 1 is 1.00 bits per heavy atom. The third-order valence-electron chi connectivity index (χ3n) is 4.51. The zero-order chi connectivity index (χ0) is 25.5. The second-order valence-electron chi connectivity index (χ2n) is 8.69. The normalized spacial score (nSPS) is 11.7. The van der Waals surface area contributed by atoms with Crippen molar-refractivity contribution in [2.75, 3.05) is 18.4 Å². The lowest BCUT2D eigenvalue weighted by atomic mass is 10.2. The molecule has 0 bridgehead atoms. The van der Waals surface area contributed by atoms with E-state index in [2.05, 4.69) is 25.6 Å². The van der Waals surface area contributed by atoms with E-state index in [1.54, 1.807) is 57.3 Å². The second kappa shape index (κ2) is 11.2. The average molecular weight is 500 g/mol. The van der Waals surface area contributed by atoms with Crippen molar-refractivity contribution in [3.05, 3.63) is 66.1 Å². The first kappa shape index (κ1) is 26.0. The van der Waals surface area contributed by atoms with E-state index in [-0.39, 0.29) is 11.5 Å². The number of aromatic nitrogens is 3. The SMILES string of the molecule is Cc1ccc(S(=O)(=O)OCc2ccnc(-c3ccc(NCCNC(=O)OC(C)(C)C)nc3)n2)cc1. The van der Waals surface area contributed by atoms with Crippen LogP contribution in [0.3, 0.4) is 0 Å². The highest BCUT2D eigenvalue weighted by atomic mass is 32.2. The van der Waals surface area contributed by atoms with Crippen LogP contribution in [0.1, 0.15) is 32.0 Å². The van der Waals surface area contributed by atoms with Crippen LogP contribution in [-0.2, 0) is 25.6 Å². The summed E-state index contributed by atoms with van der Waals surface area (Å²) in [5.74, 6) is 1.01. The zero-order valence-corrected chi connectivity index (χ0v) is 20.9. The number of amides is 1. The molecule has 0 aliphatic carbocycles. The van der Waals surface area contributed by atoms with Crippen LogP contribution in [0, 0.1) is 6.92 Å². The number of rotatable bonds is 9. The van der Waals surface area contributed by atoms with E-state index in [0.29, 0.717) is 36.0 Å². The molecule has 11 heteroatoms. The van der Waals surface area contributed by atoms with Crippen molar-refractivity contribution in [1.29, 1.82) is 0 Å². The fraction of sp³-hybridized carbons (Fsp3) is 0.333. The monoisotopic (exact) mass is 499 g/mol. The number of hydrogen-bond acceptors (Lipinski definition) is 9. The molecular formula is C24H29N5O5S. The number of anilines is 1. The van der Waals surface area contributed by atoms with E-state index in [9.17, 15) is 13.2 Å². The molecule has 0 saturated carbocycles. The van der Waals surface area contributed by atoms with Gasteiger partial charge in [0.15, 0.2) is 5.82 Å². The Bertz CT molecular complexity index is 1240. The predicted molar refractivity (Wildman–Crippen MR) is 131 cm³/mol. The van der Waals surface area contributed by atoms with Gasteiger partial charge in [-0.1, -0.05) is 17.7 Å². The summed E-state index contributed by atoms with van der Waals surface area (Å²) in [6.07, 6.45) is 2.66. The highest BCUT2D eigenvalue weighted by molar-refractivity contribution is 7.86. The van der Waals surface area contributed by atoms with Gasteiger partial charge in [-0.05, 0) is 58.0 Å². The van der Waals surface area contributed by atoms with Gasteiger partial charge >= 0.3 is 6.09 Å². The van der Waals surface area contributed by atoms with Gasteiger partial charge in [0.1, 0.15) is 18.0 Å². The average Bonchev–Trinajstić information content (AvgIpc) is 2.80. The maximum absolute atomic E-state index is 12.4. The molecule has 0 atom stereocenters. The lowest BCUT2D eigenvalue weighted by molar-refractivity contribution is 0.0530. The lowest BCUT2D eigenvalue weighted by Gasteiger charge is -2.19. The van der Waals surface area contributed by atoms with E-state index in [1.807, 2.05) is 6.92 Å². The Morgan fingerprint density at radius 3 is 2.40 bits per heavy atom. The summed E-state index contributed by atoms with van der Waals surface area (Å²) in [5.41, 5.74) is 1.49. The van der Waals surface area contributed by atoms with Gasteiger partial charge < -0.3 is 15.4 Å². The summed E-state index contributed by atoms with van der Waals surface area (Å²) in [6, 6.07) is 11.6. The van der Waals surface area contributed by atoms with E-state index >= 15 is 0 Å². The van der Waals surface area contributed by atoms with Crippen LogP contribution in [0.15, 0.2) is 59.8 Å². The molecule has 0 spiro atoms. The van der Waals surface area contributed by atoms with Crippen molar-refractivity contribution in [1.82, 2.24) is 20.3 Å². The second-order valence-corrected chi connectivity index (χ2v) is 10.3. The predicted octanol–water partition coefficient (Wildman–Crippen LogP) is 3.69. The van der Waals surface area contributed by atoms with Crippen LogP contribution in [-0.4, -0.2) is 48.2 Å². The van der Waals surface area contributed by atoms with Gasteiger partial charge in [-0.25, -0.2) is 19.7 Å². The molecule has 0 saturated heterocycles. The maximum Gasteiger partial charge on any atom is 0.407 e. The summed E-state index contributed by atoms with van der Waals surface area (Å²) < 4.78 is 35.2. The smallest absolute Gasteiger partial charge is 0.407 e. The fourth-order valence-electron chi connectivity index (χ4n) is 2.83. The van der Waals surface area contributed by atoms with Crippen LogP contribution < -0.4 is 10.6 Å². The molecule has 0 radical (unpaired) electrons. The Kier molecular flexibility index (Phi) is 8.36. The molecule has 2 aromatic heterocycles. The number of pyridine rings is 1. The largest absolute Gasteiger partial charge is 0.444 e. The van der Waals surface area contributed by atoms with Crippen molar-refractivity contribution in [3.63, 3.8) is 0 Å². The Hall–Kier alpha value is -3.57. The van der Waals surface area contributed by atoms with E-state index in [4.69, 9.17) is 8.92 Å². The Labute approximate surface area is 205 Å². The number of carbonyl (C=O) groups excluding carboxylic acids is 1. The number of hydrogen-bond donors (Lipinski definition) is 2. The first-order chi connectivity index (χ1) is 16.5. The van der Waals surface area contributed by atoms with Crippen molar-refractivity contribution in [2.45, 2.75) is 44.8 Å². The Balaban J connectivity index is 1.53. The van der Waals surface area contributed by atoms with Gasteiger partial charge in [-0.15, -0.1) is 0 Å². The first-order valence-corrected chi connectivity index (χ1v) is 12.4. The standard InChI is InChI=1S/C24H29N5O5S/c1-17-5-8-20(9-6-17)35(31,32)33-16-19-11-12-26-22(29-19)18-7-10-21(28-15-18)25-13-14-27-23(30)34-24(2,3)4/h5-12,15H,13-14,16H2,1-4H3,(H,25,28)(H,27,30). The minimum Gasteiger partial charge on any atom is -0.444 e. The van der Waals surface area contributed by atoms with E-state index in [1.165, 1.54) is 18.3 Å². The number of nitrogens with zero attached hydrogens (tertiary/aromatic N) is 3. The van der Waals surface area contributed by atoms with Crippen LogP contribution in [0.4, 0.5) is 10.6 Å². The minimum atomic E-state index is -3.90. The number of ether oxygens (including phenoxy) is 1. The summed E-state index contributed by atoms with van der Waals surface area (Å²) in [6.45, 7) is 7.89. The Morgan fingerprint density at radius 2 is 1.74 bits per heavy atom. The van der Waals surface area contributed by atoms with Gasteiger partial charge in [0.25, 0.3) is 10.1 Å². The summed E-state index contributed by atoms with van der Waals surface area (Å²) in [4.78, 5) is 24.7. The summed E-state index contributed by atoms with van der Waals surface area (Å²) in [5, 5.41) is 5.76. The first-order valence-electron chi connectivity index (χ1n) is 11.0. The molecule has 0 fully saturated rings. The number of nitrogens with one attached hydrogen (secondary N) is 2. The lowest BCUT2D eigenvalue weighted by Crippen LogP contribution is -2.35. The molecule has 0 unspecified atom stereocenters. The quantitative estimate of drug-likeness (QED) is 0.334. The van der Waals surface area contributed by atoms with E-state index in [0.717, 1.165) is 5.56 Å². The highest BCUT2D eigenvalue weighted by Gasteiger charge is 2.16. The topological polar surface area (TPSA) is 132 Å². The molecule has 186 valence electrons. The molecule has 2 heterocycles. The van der Waals surface area contributed by atoms with Crippen molar-refractivity contribution in [3.8, 4) is 11.4 Å². The molecular weight excluding hydrogens is 470 g/mol. The molecule has 2 N–H and O–H groups in total. The number of benzene rings is 1. The van der Waals surface area contributed by atoms with Crippen molar-refractivity contribution in [2.24, 2.45) is 0 Å². The molecule has 1 amide bonds. The zero-order valence-electron chi connectivity index (χ0n) is 20.1. The van der Waals surface area contributed by atoms with E-state index < -0.39 is 21.8 Å². The third kappa shape index (κ3) is 8.30. The van der Waals surface area contributed by atoms with Crippen LogP contribution in [0.25, 0.3) is 11.4 Å². The van der Waals surface area contributed by atoms with Gasteiger partial charge in [0, 0.05) is 31.0 Å². The minimum absolute atomic E-state index is 0.0889. The number of alkyl carbamates (subject to hydrolysis) is 1. The van der Waals surface area contributed by atoms with Crippen molar-refractivity contribution >= 4 is 22.0 Å². The van der Waals surface area contributed by atoms with Crippen LogP contribution >= 0.6 is 0 Å². The maximum atomic E-state index is 12.4. The van der Waals surface area contributed by atoms with Gasteiger partial charge in [-0.2, -0.15) is 8.42 Å². The van der Waals surface area contributed by atoms with Crippen LogP contribution in [0.5, 0.6) is 0 Å². The number of aryl methyl sites for hydroxylation is 1. The third-order valence-corrected chi connectivity index (χ3v) is 5.78. The molecule has 0 aliphatic rings. The molecule has 1 aromatic carbocycles.